The molecule has 2 aromatic carbocycles. The minimum atomic E-state index is -0.943. The molecule has 0 unspecified atom stereocenters. The third-order valence-corrected chi connectivity index (χ3v) is 5.28. The van der Waals surface area contributed by atoms with Crippen LogP contribution in [-0.4, -0.2) is 46.7 Å². The van der Waals surface area contributed by atoms with Crippen molar-refractivity contribution in [3.05, 3.63) is 66.6 Å². The van der Waals surface area contributed by atoms with E-state index in [0.717, 1.165) is 4.90 Å². The molecule has 3 rings (SSSR count). The average Bonchev–Trinajstić information content (AvgIpc) is 2.94. The van der Waals surface area contributed by atoms with Gasteiger partial charge in [0.25, 0.3) is 23.4 Å². The highest BCUT2D eigenvalue weighted by molar-refractivity contribution is 9.11. The number of benzene rings is 2. The largest absolute Gasteiger partial charge is 0.454 e. The minimum Gasteiger partial charge on any atom is -0.454 e. The summed E-state index contributed by atoms with van der Waals surface area (Å²) in [5.41, 5.74) is 0.406. The molecule has 3 amide bonds. The maximum Gasteiger partial charge on any atom is 0.326 e. The number of rotatable bonds is 6. The molecule has 0 atom stereocenters. The Morgan fingerprint density at radius 2 is 1.60 bits per heavy atom. The predicted molar refractivity (Wildman–Crippen MR) is 110 cm³/mol. The predicted octanol–water partition coefficient (Wildman–Crippen LogP) is 2.90. The number of carbonyl (C=O) groups excluding carboxylic acids is 4. The van der Waals surface area contributed by atoms with E-state index in [0.29, 0.717) is 0 Å². The van der Waals surface area contributed by atoms with Crippen molar-refractivity contribution in [1.29, 1.82) is 0 Å². The van der Waals surface area contributed by atoms with Crippen LogP contribution in [0.2, 0.25) is 0 Å². The third kappa shape index (κ3) is 4.39. The van der Waals surface area contributed by atoms with Gasteiger partial charge < -0.3 is 10.1 Å². The van der Waals surface area contributed by atoms with Gasteiger partial charge in [-0.15, -0.1) is 0 Å². The number of hydrogen-bond acceptors (Lipinski definition) is 7. The number of halogens is 2. The van der Waals surface area contributed by atoms with Gasteiger partial charge in [0.2, 0.25) is 0 Å². The fraction of sp³-hybridized carbons (Fsp3) is 0.111. The zero-order valence-electron chi connectivity index (χ0n) is 14.9. The van der Waals surface area contributed by atoms with Gasteiger partial charge in [-0.1, -0.05) is 12.1 Å². The van der Waals surface area contributed by atoms with Crippen molar-refractivity contribution in [2.24, 2.45) is 0 Å². The Balaban J connectivity index is 1.57. The number of nitro groups is 1. The molecule has 2 aromatic rings. The highest BCUT2D eigenvalue weighted by Crippen LogP contribution is 2.35. The summed E-state index contributed by atoms with van der Waals surface area (Å²) in [6, 6.07) is 8.57. The molecule has 1 aliphatic heterocycles. The van der Waals surface area contributed by atoms with E-state index in [1.165, 1.54) is 24.3 Å². The van der Waals surface area contributed by atoms with Gasteiger partial charge >= 0.3 is 5.97 Å². The zero-order valence-corrected chi connectivity index (χ0v) is 18.1. The summed E-state index contributed by atoms with van der Waals surface area (Å²) in [4.78, 5) is 59.5. The topological polar surface area (TPSA) is 136 Å². The minimum absolute atomic E-state index is 0.195. The van der Waals surface area contributed by atoms with E-state index in [2.05, 4.69) is 37.2 Å². The van der Waals surface area contributed by atoms with Crippen LogP contribution in [-0.2, 0) is 14.3 Å². The molecular weight excluding hydrogens is 530 g/mol. The number of imide groups is 1. The number of anilines is 1. The zero-order chi connectivity index (χ0) is 22.0. The van der Waals surface area contributed by atoms with Crippen LogP contribution in [0, 0.1) is 10.1 Å². The van der Waals surface area contributed by atoms with Crippen molar-refractivity contribution in [3.63, 3.8) is 0 Å². The number of hydrogen-bond donors (Lipinski definition) is 1. The summed E-state index contributed by atoms with van der Waals surface area (Å²) < 4.78 is 5.33. The van der Waals surface area contributed by atoms with Crippen molar-refractivity contribution in [2.75, 3.05) is 18.5 Å². The third-order valence-electron chi connectivity index (χ3n) is 4.03. The lowest BCUT2D eigenvalue weighted by molar-refractivity contribution is -0.385. The van der Waals surface area contributed by atoms with Crippen LogP contribution < -0.4 is 5.32 Å². The summed E-state index contributed by atoms with van der Waals surface area (Å²) in [7, 11) is 0. The quantitative estimate of drug-likeness (QED) is 0.257. The molecule has 154 valence electrons. The fourth-order valence-corrected chi connectivity index (χ4v) is 4.02. The van der Waals surface area contributed by atoms with Crippen LogP contribution in [0.1, 0.15) is 20.7 Å². The van der Waals surface area contributed by atoms with Gasteiger partial charge in [0.05, 0.1) is 21.7 Å². The van der Waals surface area contributed by atoms with Gasteiger partial charge in [-0.3, -0.25) is 34.2 Å². The number of carbonyl (C=O) groups is 4. The second-order valence-corrected chi connectivity index (χ2v) is 7.70. The lowest BCUT2D eigenvalue weighted by Crippen LogP contribution is -2.36. The molecule has 0 fully saturated rings. The molecule has 0 spiro atoms. The Hall–Kier alpha value is -3.12. The van der Waals surface area contributed by atoms with Crippen molar-refractivity contribution >= 4 is 66.9 Å². The Labute approximate surface area is 185 Å². The lowest BCUT2D eigenvalue weighted by Gasteiger charge is -2.13. The van der Waals surface area contributed by atoms with Crippen LogP contribution >= 0.6 is 31.9 Å². The maximum absolute atomic E-state index is 12.2. The molecule has 12 heteroatoms. The van der Waals surface area contributed by atoms with Crippen molar-refractivity contribution in [1.82, 2.24) is 4.90 Å². The Bertz CT molecular complexity index is 1040. The van der Waals surface area contributed by atoms with Crippen molar-refractivity contribution < 1.29 is 28.8 Å². The fourth-order valence-electron chi connectivity index (χ4n) is 2.66. The molecule has 0 bridgehead atoms. The number of nitrogens with one attached hydrogen (secondary N) is 1. The first-order chi connectivity index (χ1) is 14.2. The van der Waals surface area contributed by atoms with E-state index in [1.807, 2.05) is 0 Å². The summed E-state index contributed by atoms with van der Waals surface area (Å²) in [6.07, 6.45) is 0. The first kappa shape index (κ1) is 21.6. The summed E-state index contributed by atoms with van der Waals surface area (Å²) >= 11 is 6.24. The Morgan fingerprint density at radius 3 is 2.10 bits per heavy atom. The van der Waals surface area contributed by atoms with Crippen molar-refractivity contribution in [2.45, 2.75) is 0 Å². The summed E-state index contributed by atoms with van der Waals surface area (Å²) in [6.45, 7) is -1.32. The van der Waals surface area contributed by atoms with E-state index in [-0.39, 0.29) is 31.4 Å². The smallest absolute Gasteiger partial charge is 0.326 e. The highest BCUT2D eigenvalue weighted by atomic mass is 79.9. The number of nitrogens with zero attached hydrogens (tertiary/aromatic N) is 2. The van der Waals surface area contributed by atoms with Crippen LogP contribution in [0.25, 0.3) is 0 Å². The van der Waals surface area contributed by atoms with Gasteiger partial charge in [-0.25, -0.2) is 0 Å². The van der Waals surface area contributed by atoms with Gasteiger partial charge in [0, 0.05) is 21.1 Å². The first-order valence-electron chi connectivity index (χ1n) is 8.23. The number of non-ortho nitro benzene ring substituents is 1. The molecule has 1 N–H and O–H groups in total. The maximum atomic E-state index is 12.2. The van der Waals surface area contributed by atoms with E-state index in [9.17, 15) is 29.3 Å². The monoisotopic (exact) mass is 539 g/mol. The average molecular weight is 541 g/mol. The van der Waals surface area contributed by atoms with Gasteiger partial charge in [0.1, 0.15) is 6.54 Å². The molecule has 10 nitrogen and oxygen atoms in total. The van der Waals surface area contributed by atoms with Crippen LogP contribution in [0.3, 0.4) is 0 Å². The summed E-state index contributed by atoms with van der Waals surface area (Å²) in [5, 5.41) is 13.3. The molecule has 0 aliphatic carbocycles. The number of fused-ring (bicyclic) bond motifs is 1. The highest BCUT2D eigenvalue weighted by Gasteiger charge is 2.36. The Morgan fingerprint density at radius 1 is 1.07 bits per heavy atom. The van der Waals surface area contributed by atoms with Gasteiger partial charge in [-0.05, 0) is 44.0 Å². The van der Waals surface area contributed by atoms with Crippen molar-refractivity contribution in [3.8, 4) is 0 Å². The van der Waals surface area contributed by atoms with E-state index in [1.54, 1.807) is 12.1 Å². The first-order valence-corrected chi connectivity index (χ1v) is 9.81. The molecule has 1 heterocycles. The molecule has 0 radical (unpaired) electrons. The van der Waals surface area contributed by atoms with Gasteiger partial charge in [0.15, 0.2) is 6.61 Å². The lowest BCUT2D eigenvalue weighted by atomic mass is 10.1. The van der Waals surface area contributed by atoms with E-state index < -0.39 is 41.8 Å². The number of nitro benzene ring substituents is 1. The second-order valence-electron chi connectivity index (χ2n) is 5.99. The number of ether oxygens (including phenoxy) is 1. The molecule has 1 aliphatic rings. The van der Waals surface area contributed by atoms with Crippen LogP contribution in [0.4, 0.5) is 11.4 Å². The van der Waals surface area contributed by atoms with Gasteiger partial charge in [-0.2, -0.15) is 0 Å². The van der Waals surface area contributed by atoms with E-state index in [4.69, 9.17) is 4.74 Å². The van der Waals surface area contributed by atoms with Crippen LogP contribution in [0.15, 0.2) is 45.3 Å². The number of amides is 3. The van der Waals surface area contributed by atoms with Crippen LogP contribution in [0.5, 0.6) is 0 Å². The SMILES string of the molecule is O=C(COC(=O)CN1C(=O)c2ccccc2C1=O)Nc1c(Br)cc([N+](=O)[O-])cc1Br. The van der Waals surface area contributed by atoms with E-state index >= 15 is 0 Å². The molecule has 0 aromatic heterocycles. The molecular formula is C18H11Br2N3O7. The normalized spacial score (nSPS) is 12.5. The second kappa shape index (κ2) is 8.71. The molecule has 0 saturated carbocycles. The summed E-state index contributed by atoms with van der Waals surface area (Å²) in [5.74, 6) is -2.89. The Kier molecular flexibility index (Phi) is 6.27. The molecule has 0 saturated heterocycles. The molecule has 30 heavy (non-hydrogen) atoms. The number of esters is 1. The standard InChI is InChI=1S/C18H11Br2N3O7/c19-12-5-9(23(28)29)6-13(20)16(12)21-14(24)8-30-15(25)7-22-17(26)10-3-1-2-4-11(10)18(22)27/h1-6H,7-8H2,(H,21,24).